The Balaban J connectivity index is 1.77. The Labute approximate surface area is 119 Å². The Morgan fingerprint density at radius 2 is 1.89 bits per heavy atom. The fraction of sp³-hybridized carbons (Fsp3) is 1.00. The van der Waals surface area contributed by atoms with Crippen molar-refractivity contribution in [3.05, 3.63) is 0 Å². The Morgan fingerprint density at radius 3 is 2.58 bits per heavy atom. The van der Waals surface area contributed by atoms with Crippen molar-refractivity contribution in [2.75, 3.05) is 40.3 Å². The highest BCUT2D eigenvalue weighted by molar-refractivity contribution is 4.98. The third-order valence-electron chi connectivity index (χ3n) is 5.01. The molecule has 19 heavy (non-hydrogen) atoms. The monoisotopic (exact) mass is 267 g/mol. The molecule has 1 atom stereocenters. The van der Waals surface area contributed by atoms with Crippen LogP contribution < -0.4 is 5.32 Å². The molecule has 3 heteroatoms. The molecule has 1 saturated carbocycles. The quantitative estimate of drug-likeness (QED) is 0.771. The van der Waals surface area contributed by atoms with Gasteiger partial charge in [-0.05, 0) is 59.8 Å². The molecular formula is C16H33N3. The van der Waals surface area contributed by atoms with E-state index in [0.717, 1.165) is 0 Å². The summed E-state index contributed by atoms with van der Waals surface area (Å²) < 4.78 is 0. The van der Waals surface area contributed by atoms with Crippen LogP contribution >= 0.6 is 0 Å². The van der Waals surface area contributed by atoms with E-state index in [4.69, 9.17) is 0 Å². The SMILES string of the molecule is CC1CNC2(CCCCC2)CN1CCCCN(C)C. The highest BCUT2D eigenvalue weighted by Gasteiger charge is 2.38. The third kappa shape index (κ3) is 4.44. The van der Waals surface area contributed by atoms with E-state index in [1.807, 2.05) is 0 Å². The van der Waals surface area contributed by atoms with Crippen molar-refractivity contribution in [1.82, 2.24) is 15.1 Å². The van der Waals surface area contributed by atoms with Gasteiger partial charge in [-0.25, -0.2) is 0 Å². The molecular weight excluding hydrogens is 234 g/mol. The molecule has 1 heterocycles. The Bertz CT molecular complexity index is 259. The fourth-order valence-electron chi connectivity index (χ4n) is 3.70. The zero-order valence-corrected chi connectivity index (χ0v) is 13.2. The van der Waals surface area contributed by atoms with E-state index in [1.165, 1.54) is 71.1 Å². The van der Waals surface area contributed by atoms with Gasteiger partial charge in [0.1, 0.15) is 0 Å². The number of hydrogen-bond donors (Lipinski definition) is 1. The fourth-order valence-corrected chi connectivity index (χ4v) is 3.70. The lowest BCUT2D eigenvalue weighted by molar-refractivity contribution is 0.0613. The van der Waals surface area contributed by atoms with Crippen molar-refractivity contribution in [2.45, 2.75) is 63.5 Å². The number of nitrogens with zero attached hydrogens (tertiary/aromatic N) is 2. The average Bonchev–Trinajstić information content (AvgIpc) is 2.40. The second-order valence-corrected chi connectivity index (χ2v) is 7.05. The molecule has 0 bridgehead atoms. The minimum atomic E-state index is 0.465. The van der Waals surface area contributed by atoms with Crippen molar-refractivity contribution in [2.24, 2.45) is 0 Å². The van der Waals surface area contributed by atoms with Crippen molar-refractivity contribution in [3.8, 4) is 0 Å². The zero-order chi connectivity index (χ0) is 13.7. The molecule has 1 unspecified atom stereocenters. The summed E-state index contributed by atoms with van der Waals surface area (Å²) >= 11 is 0. The summed E-state index contributed by atoms with van der Waals surface area (Å²) in [6.07, 6.45) is 9.77. The van der Waals surface area contributed by atoms with Crippen LogP contribution in [0.5, 0.6) is 0 Å². The van der Waals surface area contributed by atoms with Gasteiger partial charge in [-0.15, -0.1) is 0 Å². The molecule has 0 aromatic carbocycles. The molecule has 112 valence electrons. The normalized spacial score (nSPS) is 28.1. The van der Waals surface area contributed by atoms with E-state index in [1.54, 1.807) is 0 Å². The average molecular weight is 267 g/mol. The molecule has 0 aromatic heterocycles. The molecule has 3 nitrogen and oxygen atoms in total. The van der Waals surface area contributed by atoms with Crippen LogP contribution in [0.25, 0.3) is 0 Å². The van der Waals surface area contributed by atoms with Gasteiger partial charge in [-0.3, -0.25) is 4.90 Å². The maximum absolute atomic E-state index is 3.87. The van der Waals surface area contributed by atoms with Crippen LogP contribution in [0.15, 0.2) is 0 Å². The van der Waals surface area contributed by atoms with Crippen molar-refractivity contribution >= 4 is 0 Å². The van der Waals surface area contributed by atoms with Crippen LogP contribution in [-0.4, -0.2) is 61.7 Å². The van der Waals surface area contributed by atoms with Gasteiger partial charge in [0.05, 0.1) is 0 Å². The second-order valence-electron chi connectivity index (χ2n) is 7.05. The summed E-state index contributed by atoms with van der Waals surface area (Å²) in [5.74, 6) is 0. The van der Waals surface area contributed by atoms with Crippen molar-refractivity contribution in [1.29, 1.82) is 0 Å². The Morgan fingerprint density at radius 1 is 1.16 bits per heavy atom. The number of nitrogens with one attached hydrogen (secondary N) is 1. The summed E-state index contributed by atoms with van der Waals surface area (Å²) in [5, 5.41) is 3.87. The molecule has 1 N–H and O–H groups in total. The number of piperazine rings is 1. The van der Waals surface area contributed by atoms with Gasteiger partial charge in [0.25, 0.3) is 0 Å². The largest absolute Gasteiger partial charge is 0.309 e. The lowest BCUT2D eigenvalue weighted by atomic mass is 9.79. The van der Waals surface area contributed by atoms with Crippen LogP contribution in [0, 0.1) is 0 Å². The van der Waals surface area contributed by atoms with Crippen LogP contribution in [0.3, 0.4) is 0 Å². The highest BCUT2D eigenvalue weighted by atomic mass is 15.2. The molecule has 2 rings (SSSR count). The third-order valence-corrected chi connectivity index (χ3v) is 5.01. The molecule has 2 fully saturated rings. The topological polar surface area (TPSA) is 18.5 Å². The van der Waals surface area contributed by atoms with Gasteiger partial charge < -0.3 is 10.2 Å². The van der Waals surface area contributed by atoms with Crippen LogP contribution in [0.1, 0.15) is 51.9 Å². The standard InChI is InChI=1S/C16H33N3/c1-15-13-17-16(9-5-4-6-10-16)14-19(15)12-8-7-11-18(2)3/h15,17H,4-14H2,1-3H3. The smallest absolute Gasteiger partial charge is 0.0309 e. The van der Waals surface area contributed by atoms with Gasteiger partial charge in [0.2, 0.25) is 0 Å². The minimum absolute atomic E-state index is 0.465. The van der Waals surface area contributed by atoms with Gasteiger partial charge in [-0.1, -0.05) is 19.3 Å². The van der Waals surface area contributed by atoms with E-state index in [9.17, 15) is 0 Å². The number of hydrogen-bond acceptors (Lipinski definition) is 3. The maximum atomic E-state index is 3.87. The summed E-state index contributed by atoms with van der Waals surface area (Å²) in [6, 6.07) is 0.715. The van der Waals surface area contributed by atoms with Crippen LogP contribution in [-0.2, 0) is 0 Å². The molecule has 0 aromatic rings. The molecule has 1 spiro atoms. The predicted molar refractivity (Wildman–Crippen MR) is 82.6 cm³/mol. The maximum Gasteiger partial charge on any atom is 0.0309 e. The molecule has 1 aliphatic heterocycles. The summed E-state index contributed by atoms with van der Waals surface area (Å²) in [4.78, 5) is 5.04. The first-order chi connectivity index (χ1) is 9.11. The van der Waals surface area contributed by atoms with Gasteiger partial charge in [0, 0.05) is 24.7 Å². The number of unbranched alkanes of at least 4 members (excludes halogenated alkanes) is 1. The van der Waals surface area contributed by atoms with Crippen molar-refractivity contribution < 1.29 is 0 Å². The van der Waals surface area contributed by atoms with E-state index >= 15 is 0 Å². The van der Waals surface area contributed by atoms with Gasteiger partial charge in [0.15, 0.2) is 0 Å². The Kier molecular flexibility index (Phi) is 5.67. The minimum Gasteiger partial charge on any atom is -0.309 e. The first-order valence-electron chi connectivity index (χ1n) is 8.25. The summed E-state index contributed by atoms with van der Waals surface area (Å²) in [7, 11) is 4.34. The number of rotatable bonds is 5. The van der Waals surface area contributed by atoms with E-state index < -0.39 is 0 Å². The van der Waals surface area contributed by atoms with Crippen LogP contribution in [0.2, 0.25) is 0 Å². The lowest BCUT2D eigenvalue weighted by Crippen LogP contribution is -2.64. The molecule has 1 aliphatic carbocycles. The molecule has 1 saturated heterocycles. The molecule has 0 radical (unpaired) electrons. The van der Waals surface area contributed by atoms with E-state index in [2.05, 4.69) is 36.1 Å². The first-order valence-corrected chi connectivity index (χ1v) is 8.25. The van der Waals surface area contributed by atoms with Gasteiger partial charge >= 0.3 is 0 Å². The lowest BCUT2D eigenvalue weighted by Gasteiger charge is -2.49. The second kappa shape index (κ2) is 7.05. The van der Waals surface area contributed by atoms with Gasteiger partial charge in [-0.2, -0.15) is 0 Å². The van der Waals surface area contributed by atoms with Crippen molar-refractivity contribution in [3.63, 3.8) is 0 Å². The highest BCUT2D eigenvalue weighted by Crippen LogP contribution is 2.31. The van der Waals surface area contributed by atoms with E-state index in [0.29, 0.717) is 11.6 Å². The summed E-state index contributed by atoms with van der Waals surface area (Å²) in [5.41, 5.74) is 0.465. The summed E-state index contributed by atoms with van der Waals surface area (Å²) in [6.45, 7) is 7.38. The molecule has 0 amide bonds. The Hall–Kier alpha value is -0.120. The predicted octanol–water partition coefficient (Wildman–Crippen LogP) is 2.32. The molecule has 2 aliphatic rings. The van der Waals surface area contributed by atoms with E-state index in [-0.39, 0.29) is 0 Å². The zero-order valence-electron chi connectivity index (χ0n) is 13.2. The van der Waals surface area contributed by atoms with Crippen LogP contribution in [0.4, 0.5) is 0 Å². The first kappa shape index (κ1) is 15.3.